The van der Waals surface area contributed by atoms with E-state index in [2.05, 4.69) is 0 Å². The Morgan fingerprint density at radius 3 is 2.87 bits per heavy atom. The number of hydrogen-bond acceptors (Lipinski definition) is 3. The molecule has 0 amide bonds. The molecule has 0 fully saturated rings. The molecule has 15 heavy (non-hydrogen) atoms. The number of oxazole rings is 1. The van der Waals surface area contributed by atoms with Crippen molar-refractivity contribution < 1.29 is 13.2 Å². The third-order valence-corrected chi connectivity index (χ3v) is 2.01. The Balaban J connectivity index is 2.65. The molecule has 0 atom stereocenters. The zero-order chi connectivity index (χ0) is 11.0. The number of anilines is 1. The second-order valence-corrected chi connectivity index (χ2v) is 3.10. The SMILES string of the molecule is Nc1ccc2oc(=O)n(CC(F)F)c2c1. The maximum absolute atomic E-state index is 12.2. The summed E-state index contributed by atoms with van der Waals surface area (Å²) in [7, 11) is 0. The molecule has 80 valence electrons. The van der Waals surface area contributed by atoms with Crippen molar-refractivity contribution in [3.63, 3.8) is 0 Å². The fourth-order valence-electron chi connectivity index (χ4n) is 1.39. The molecule has 1 aromatic carbocycles. The minimum absolute atomic E-state index is 0.259. The fraction of sp³-hybridized carbons (Fsp3) is 0.222. The van der Waals surface area contributed by atoms with Gasteiger partial charge in [0.2, 0.25) is 0 Å². The van der Waals surface area contributed by atoms with Gasteiger partial charge in [0.15, 0.2) is 5.58 Å². The Labute approximate surface area is 82.9 Å². The maximum atomic E-state index is 12.2. The molecular formula is C9H8F2N2O2. The van der Waals surface area contributed by atoms with Crippen LogP contribution < -0.4 is 11.5 Å². The summed E-state index contributed by atoms with van der Waals surface area (Å²) in [6.07, 6.45) is -2.61. The first-order valence-corrected chi connectivity index (χ1v) is 4.25. The first-order valence-electron chi connectivity index (χ1n) is 4.25. The van der Waals surface area contributed by atoms with Gasteiger partial charge in [-0.1, -0.05) is 0 Å². The normalized spacial score (nSPS) is 11.4. The standard InChI is InChI=1S/C9H8F2N2O2/c10-8(11)4-13-6-3-5(12)1-2-7(6)15-9(13)14/h1-3,8H,4,12H2. The predicted molar refractivity (Wildman–Crippen MR) is 50.9 cm³/mol. The van der Waals surface area contributed by atoms with Crippen LogP contribution >= 0.6 is 0 Å². The van der Waals surface area contributed by atoms with Crippen molar-refractivity contribution >= 4 is 16.8 Å². The lowest BCUT2D eigenvalue weighted by Crippen LogP contribution is -2.18. The largest absolute Gasteiger partial charge is 0.420 e. The lowest BCUT2D eigenvalue weighted by molar-refractivity contribution is 0.125. The number of nitrogens with zero attached hydrogens (tertiary/aromatic N) is 1. The molecule has 1 aromatic heterocycles. The van der Waals surface area contributed by atoms with E-state index in [4.69, 9.17) is 10.2 Å². The molecule has 2 aromatic rings. The summed E-state index contributed by atoms with van der Waals surface area (Å²) in [5.74, 6) is -0.795. The van der Waals surface area contributed by atoms with Crippen LogP contribution in [0.3, 0.4) is 0 Å². The van der Waals surface area contributed by atoms with Crippen LogP contribution in [0.1, 0.15) is 0 Å². The van der Waals surface area contributed by atoms with E-state index >= 15 is 0 Å². The Bertz CT molecular complexity index is 545. The Morgan fingerprint density at radius 2 is 2.20 bits per heavy atom. The molecule has 0 unspecified atom stereocenters. The lowest BCUT2D eigenvalue weighted by Gasteiger charge is -2.00. The van der Waals surface area contributed by atoms with Gasteiger partial charge in [0, 0.05) is 5.69 Å². The van der Waals surface area contributed by atoms with Crippen molar-refractivity contribution in [1.82, 2.24) is 4.57 Å². The molecule has 0 aliphatic rings. The topological polar surface area (TPSA) is 61.2 Å². The molecule has 0 spiro atoms. The second-order valence-electron chi connectivity index (χ2n) is 3.10. The summed E-state index contributed by atoms with van der Waals surface area (Å²) < 4.78 is 30.0. The summed E-state index contributed by atoms with van der Waals surface area (Å²) in [5.41, 5.74) is 6.43. The summed E-state index contributed by atoms with van der Waals surface area (Å²) in [5, 5.41) is 0. The molecule has 2 N–H and O–H groups in total. The van der Waals surface area contributed by atoms with E-state index in [0.29, 0.717) is 11.2 Å². The number of nitrogen functional groups attached to an aromatic ring is 1. The Kier molecular flexibility index (Phi) is 2.18. The second kappa shape index (κ2) is 3.38. The third kappa shape index (κ3) is 1.70. The molecule has 6 heteroatoms. The molecule has 0 bridgehead atoms. The smallest absolute Gasteiger partial charge is 0.408 e. The van der Waals surface area contributed by atoms with Crippen LogP contribution in [0.25, 0.3) is 11.1 Å². The molecule has 0 saturated carbocycles. The molecule has 4 nitrogen and oxygen atoms in total. The predicted octanol–water partition coefficient (Wildman–Crippen LogP) is 1.44. The molecule has 0 aliphatic carbocycles. The quantitative estimate of drug-likeness (QED) is 0.769. The van der Waals surface area contributed by atoms with E-state index in [-0.39, 0.29) is 5.58 Å². The average molecular weight is 214 g/mol. The molecular weight excluding hydrogens is 206 g/mol. The van der Waals surface area contributed by atoms with E-state index in [1.54, 1.807) is 0 Å². The van der Waals surface area contributed by atoms with Crippen molar-refractivity contribution in [3.05, 3.63) is 28.7 Å². The molecule has 1 heterocycles. The highest BCUT2D eigenvalue weighted by Crippen LogP contribution is 2.16. The van der Waals surface area contributed by atoms with Gasteiger partial charge in [0.05, 0.1) is 12.1 Å². The van der Waals surface area contributed by atoms with E-state index < -0.39 is 18.7 Å². The highest BCUT2D eigenvalue weighted by Gasteiger charge is 2.13. The van der Waals surface area contributed by atoms with Crippen molar-refractivity contribution in [1.29, 1.82) is 0 Å². The highest BCUT2D eigenvalue weighted by atomic mass is 19.3. The molecule has 0 radical (unpaired) electrons. The molecule has 0 aliphatic heterocycles. The zero-order valence-electron chi connectivity index (χ0n) is 7.61. The number of aromatic nitrogens is 1. The third-order valence-electron chi connectivity index (χ3n) is 2.01. The Hall–Kier alpha value is -1.85. The van der Waals surface area contributed by atoms with Crippen molar-refractivity contribution in [3.8, 4) is 0 Å². The van der Waals surface area contributed by atoms with E-state index in [9.17, 15) is 13.6 Å². The number of nitrogens with two attached hydrogens (primary N) is 1. The summed E-state index contributed by atoms with van der Waals surface area (Å²) >= 11 is 0. The Morgan fingerprint density at radius 1 is 1.47 bits per heavy atom. The summed E-state index contributed by atoms with van der Waals surface area (Å²) in [4.78, 5) is 11.2. The van der Waals surface area contributed by atoms with Gasteiger partial charge in [0.1, 0.15) is 0 Å². The summed E-state index contributed by atoms with van der Waals surface area (Å²) in [6.45, 7) is -0.685. The van der Waals surface area contributed by atoms with Gasteiger partial charge >= 0.3 is 5.76 Å². The van der Waals surface area contributed by atoms with Crippen molar-refractivity contribution in [2.24, 2.45) is 0 Å². The van der Waals surface area contributed by atoms with Crippen LogP contribution in [0.5, 0.6) is 0 Å². The first-order chi connectivity index (χ1) is 7.08. The fourth-order valence-corrected chi connectivity index (χ4v) is 1.39. The van der Waals surface area contributed by atoms with Crippen LogP contribution in [0, 0.1) is 0 Å². The van der Waals surface area contributed by atoms with Gasteiger partial charge in [-0.05, 0) is 18.2 Å². The van der Waals surface area contributed by atoms with Crippen LogP contribution in [-0.4, -0.2) is 11.0 Å². The molecule has 0 saturated heterocycles. The minimum Gasteiger partial charge on any atom is -0.408 e. The number of rotatable bonds is 2. The number of alkyl halides is 2. The van der Waals surface area contributed by atoms with Crippen LogP contribution in [-0.2, 0) is 6.54 Å². The van der Waals surface area contributed by atoms with Gasteiger partial charge in [-0.3, -0.25) is 4.57 Å². The number of benzene rings is 1. The monoisotopic (exact) mass is 214 g/mol. The number of hydrogen-bond donors (Lipinski definition) is 1. The van der Waals surface area contributed by atoms with Gasteiger partial charge in [-0.15, -0.1) is 0 Å². The van der Waals surface area contributed by atoms with E-state index in [1.807, 2.05) is 0 Å². The van der Waals surface area contributed by atoms with Gasteiger partial charge in [-0.25, -0.2) is 13.6 Å². The zero-order valence-corrected chi connectivity index (χ0v) is 7.61. The van der Waals surface area contributed by atoms with E-state index in [1.165, 1.54) is 18.2 Å². The van der Waals surface area contributed by atoms with Crippen molar-refractivity contribution in [2.75, 3.05) is 5.73 Å². The first kappa shape index (κ1) is 9.70. The van der Waals surface area contributed by atoms with Crippen LogP contribution in [0.2, 0.25) is 0 Å². The highest BCUT2D eigenvalue weighted by molar-refractivity contribution is 5.76. The lowest BCUT2D eigenvalue weighted by atomic mass is 10.3. The minimum atomic E-state index is -2.61. The van der Waals surface area contributed by atoms with Crippen molar-refractivity contribution in [2.45, 2.75) is 13.0 Å². The number of halogens is 2. The molecule has 2 rings (SSSR count). The van der Waals surface area contributed by atoms with Crippen LogP contribution in [0.4, 0.5) is 14.5 Å². The van der Waals surface area contributed by atoms with Crippen LogP contribution in [0.15, 0.2) is 27.4 Å². The van der Waals surface area contributed by atoms with Gasteiger partial charge < -0.3 is 10.2 Å². The van der Waals surface area contributed by atoms with Gasteiger partial charge in [0.25, 0.3) is 6.43 Å². The van der Waals surface area contributed by atoms with E-state index in [0.717, 1.165) is 4.57 Å². The number of fused-ring (bicyclic) bond motifs is 1. The van der Waals surface area contributed by atoms with Gasteiger partial charge in [-0.2, -0.15) is 0 Å². The average Bonchev–Trinajstić information content (AvgIpc) is 2.43. The summed E-state index contributed by atoms with van der Waals surface area (Å²) in [6, 6.07) is 4.45. The maximum Gasteiger partial charge on any atom is 0.420 e.